The third kappa shape index (κ3) is 1.98. The van der Waals surface area contributed by atoms with Crippen molar-refractivity contribution in [2.75, 3.05) is 26.4 Å². The summed E-state index contributed by atoms with van der Waals surface area (Å²) in [5.41, 5.74) is 4.30. The van der Waals surface area contributed by atoms with Crippen LogP contribution in [0.25, 0.3) is 10.9 Å². The van der Waals surface area contributed by atoms with E-state index in [1.165, 1.54) is 40.0 Å². The van der Waals surface area contributed by atoms with Gasteiger partial charge in [-0.3, -0.25) is 0 Å². The highest BCUT2D eigenvalue weighted by atomic mass is 32.2. The van der Waals surface area contributed by atoms with Crippen LogP contribution in [0.4, 0.5) is 0 Å². The highest BCUT2D eigenvalue weighted by Gasteiger charge is 2.16. The summed E-state index contributed by atoms with van der Waals surface area (Å²) >= 11 is 1.81. The molecule has 0 radical (unpaired) electrons. The third-order valence-electron chi connectivity index (χ3n) is 3.69. The average Bonchev–Trinajstić information content (AvgIpc) is 2.60. The van der Waals surface area contributed by atoms with E-state index < -0.39 is 0 Å². The number of aromatic nitrogens is 1. The van der Waals surface area contributed by atoms with E-state index in [1.54, 1.807) is 11.8 Å². The number of benzene rings is 1. The SMILES string of the molecule is CSc1ccc2c3c([nH]c2c1)CCN(C)CC3. The molecule has 0 aliphatic carbocycles. The molecule has 2 aromatic rings. The van der Waals surface area contributed by atoms with Crippen molar-refractivity contribution in [3.05, 3.63) is 29.5 Å². The molecule has 0 unspecified atom stereocenters. The minimum Gasteiger partial charge on any atom is -0.358 e. The molecule has 3 heteroatoms. The molecule has 2 heterocycles. The van der Waals surface area contributed by atoms with Crippen LogP contribution >= 0.6 is 11.8 Å². The normalized spacial score (nSPS) is 17.1. The fourth-order valence-electron chi connectivity index (χ4n) is 2.63. The summed E-state index contributed by atoms with van der Waals surface area (Å²) in [5.74, 6) is 0. The lowest BCUT2D eigenvalue weighted by atomic mass is 10.1. The molecular weight excluding hydrogens is 228 g/mol. The molecule has 90 valence electrons. The zero-order chi connectivity index (χ0) is 11.8. The van der Waals surface area contributed by atoms with Crippen LogP contribution in [-0.2, 0) is 12.8 Å². The molecule has 17 heavy (non-hydrogen) atoms. The number of rotatable bonds is 1. The summed E-state index contributed by atoms with van der Waals surface area (Å²) < 4.78 is 0. The van der Waals surface area contributed by atoms with Crippen LogP contribution in [-0.4, -0.2) is 36.3 Å². The number of H-pyrrole nitrogens is 1. The fourth-order valence-corrected chi connectivity index (χ4v) is 3.07. The van der Waals surface area contributed by atoms with Gasteiger partial charge in [0.1, 0.15) is 0 Å². The third-order valence-corrected chi connectivity index (χ3v) is 4.41. The van der Waals surface area contributed by atoms with E-state index in [2.05, 4.69) is 41.4 Å². The Hall–Kier alpha value is -0.930. The predicted octanol–water partition coefficient (Wildman–Crippen LogP) is 2.92. The van der Waals surface area contributed by atoms with Gasteiger partial charge in [-0.25, -0.2) is 0 Å². The Labute approximate surface area is 106 Å². The lowest BCUT2D eigenvalue weighted by Crippen LogP contribution is -2.21. The predicted molar refractivity (Wildman–Crippen MR) is 75.0 cm³/mol. The first-order valence-corrected chi connectivity index (χ1v) is 7.36. The van der Waals surface area contributed by atoms with Crippen molar-refractivity contribution >= 4 is 22.7 Å². The first-order valence-electron chi connectivity index (χ1n) is 6.14. The Kier molecular flexibility index (Phi) is 2.89. The molecule has 1 N–H and O–H groups in total. The zero-order valence-electron chi connectivity index (χ0n) is 10.4. The first-order chi connectivity index (χ1) is 8.28. The fraction of sp³-hybridized carbons (Fsp3) is 0.429. The van der Waals surface area contributed by atoms with E-state index in [4.69, 9.17) is 0 Å². The van der Waals surface area contributed by atoms with Gasteiger partial charge < -0.3 is 9.88 Å². The topological polar surface area (TPSA) is 19.0 Å². The molecule has 0 amide bonds. The van der Waals surface area contributed by atoms with Gasteiger partial charge in [0.2, 0.25) is 0 Å². The van der Waals surface area contributed by atoms with Crippen LogP contribution in [0.5, 0.6) is 0 Å². The van der Waals surface area contributed by atoms with Crippen LogP contribution in [0.2, 0.25) is 0 Å². The quantitative estimate of drug-likeness (QED) is 0.780. The van der Waals surface area contributed by atoms with Gasteiger partial charge in [0.25, 0.3) is 0 Å². The Morgan fingerprint density at radius 2 is 2.06 bits per heavy atom. The second-order valence-electron chi connectivity index (χ2n) is 4.80. The summed E-state index contributed by atoms with van der Waals surface area (Å²) in [7, 11) is 2.21. The molecule has 1 aliphatic rings. The molecule has 0 fully saturated rings. The van der Waals surface area contributed by atoms with Crippen LogP contribution in [0, 0.1) is 0 Å². The molecule has 0 bridgehead atoms. The number of likely N-dealkylation sites (N-methyl/N-ethyl adjacent to an activating group) is 1. The summed E-state index contributed by atoms with van der Waals surface area (Å²) in [5, 5.41) is 1.42. The Balaban J connectivity index is 2.10. The van der Waals surface area contributed by atoms with E-state index in [-0.39, 0.29) is 0 Å². The van der Waals surface area contributed by atoms with Gasteiger partial charge in [0.05, 0.1) is 0 Å². The Bertz CT molecular complexity index is 544. The van der Waals surface area contributed by atoms with Gasteiger partial charge in [-0.2, -0.15) is 0 Å². The van der Waals surface area contributed by atoms with Crippen molar-refractivity contribution in [1.82, 2.24) is 9.88 Å². The molecule has 0 atom stereocenters. The molecule has 1 aliphatic heterocycles. The van der Waals surface area contributed by atoms with E-state index in [1.807, 2.05) is 0 Å². The lowest BCUT2D eigenvalue weighted by Gasteiger charge is -2.11. The van der Waals surface area contributed by atoms with Gasteiger partial charge in [0, 0.05) is 41.0 Å². The minimum atomic E-state index is 1.15. The Morgan fingerprint density at radius 3 is 2.88 bits per heavy atom. The maximum atomic E-state index is 3.61. The first kappa shape index (κ1) is 11.2. The zero-order valence-corrected chi connectivity index (χ0v) is 11.2. The lowest BCUT2D eigenvalue weighted by molar-refractivity contribution is 0.352. The maximum Gasteiger partial charge on any atom is 0.0470 e. The van der Waals surface area contributed by atoms with Crippen molar-refractivity contribution < 1.29 is 0 Å². The number of hydrogen-bond acceptors (Lipinski definition) is 2. The van der Waals surface area contributed by atoms with Crippen LogP contribution in [0.15, 0.2) is 23.1 Å². The second-order valence-corrected chi connectivity index (χ2v) is 5.68. The number of aromatic amines is 1. The number of thioether (sulfide) groups is 1. The number of hydrogen-bond donors (Lipinski definition) is 1. The van der Waals surface area contributed by atoms with Crippen molar-refractivity contribution in [3.63, 3.8) is 0 Å². The molecule has 0 saturated heterocycles. The molecule has 3 rings (SSSR count). The van der Waals surface area contributed by atoms with E-state index in [0.29, 0.717) is 0 Å². The van der Waals surface area contributed by atoms with Gasteiger partial charge in [0.15, 0.2) is 0 Å². The smallest absolute Gasteiger partial charge is 0.0470 e. The molecule has 1 aromatic carbocycles. The van der Waals surface area contributed by atoms with E-state index in [9.17, 15) is 0 Å². The van der Waals surface area contributed by atoms with Crippen molar-refractivity contribution in [2.45, 2.75) is 17.7 Å². The van der Waals surface area contributed by atoms with E-state index in [0.717, 1.165) is 13.0 Å². The molecule has 2 nitrogen and oxygen atoms in total. The van der Waals surface area contributed by atoms with E-state index >= 15 is 0 Å². The van der Waals surface area contributed by atoms with Crippen LogP contribution in [0.1, 0.15) is 11.3 Å². The summed E-state index contributed by atoms with van der Waals surface area (Å²) in [6, 6.07) is 6.79. The van der Waals surface area contributed by atoms with Gasteiger partial charge in [-0.15, -0.1) is 11.8 Å². The molecule has 0 saturated carbocycles. The van der Waals surface area contributed by atoms with Crippen LogP contribution in [0.3, 0.4) is 0 Å². The molecular formula is C14H18N2S. The molecule has 0 spiro atoms. The second kappa shape index (κ2) is 4.39. The van der Waals surface area contributed by atoms with Crippen molar-refractivity contribution in [1.29, 1.82) is 0 Å². The maximum absolute atomic E-state index is 3.61. The van der Waals surface area contributed by atoms with Crippen LogP contribution < -0.4 is 0 Å². The monoisotopic (exact) mass is 246 g/mol. The number of fused-ring (bicyclic) bond motifs is 3. The Morgan fingerprint density at radius 1 is 1.24 bits per heavy atom. The van der Waals surface area contributed by atoms with Crippen molar-refractivity contribution in [2.24, 2.45) is 0 Å². The highest BCUT2D eigenvalue weighted by Crippen LogP contribution is 2.28. The van der Waals surface area contributed by atoms with Gasteiger partial charge in [-0.1, -0.05) is 6.07 Å². The average molecular weight is 246 g/mol. The highest BCUT2D eigenvalue weighted by molar-refractivity contribution is 7.98. The summed E-state index contributed by atoms with van der Waals surface area (Å²) in [6.07, 6.45) is 4.45. The minimum absolute atomic E-state index is 1.15. The number of nitrogens with one attached hydrogen (secondary N) is 1. The number of nitrogens with zero attached hydrogens (tertiary/aromatic N) is 1. The van der Waals surface area contributed by atoms with Crippen molar-refractivity contribution in [3.8, 4) is 0 Å². The summed E-state index contributed by atoms with van der Waals surface area (Å²) in [4.78, 5) is 7.36. The molecule has 1 aromatic heterocycles. The summed E-state index contributed by atoms with van der Waals surface area (Å²) in [6.45, 7) is 2.33. The largest absolute Gasteiger partial charge is 0.358 e. The van der Waals surface area contributed by atoms with Gasteiger partial charge in [-0.05, 0) is 37.4 Å². The standard InChI is InChI=1S/C14H18N2S/c1-16-7-5-12-11-4-3-10(17-2)9-14(11)15-13(12)6-8-16/h3-4,9,15H,5-8H2,1-2H3. The van der Waals surface area contributed by atoms with Gasteiger partial charge >= 0.3 is 0 Å².